The fourth-order valence-electron chi connectivity index (χ4n) is 2.44. The van der Waals surface area contributed by atoms with Crippen molar-refractivity contribution < 1.29 is 19.6 Å². The topological polar surface area (TPSA) is 106 Å². The van der Waals surface area contributed by atoms with Gasteiger partial charge < -0.3 is 14.7 Å². The highest BCUT2D eigenvalue weighted by atomic mass is 16.6. The first-order chi connectivity index (χ1) is 9.06. The molecule has 19 heavy (non-hydrogen) atoms. The van der Waals surface area contributed by atoms with E-state index in [9.17, 15) is 20.0 Å². The van der Waals surface area contributed by atoms with Crippen LogP contribution in [0.25, 0.3) is 0 Å². The summed E-state index contributed by atoms with van der Waals surface area (Å²) in [6.07, 6.45) is 0.935. The molecule has 8 nitrogen and oxygen atoms in total. The molecule has 3 rings (SSSR count). The fraction of sp³-hybridized carbons (Fsp3) is 0.455. The number of nitrogens with zero attached hydrogens (tertiary/aromatic N) is 3. The van der Waals surface area contributed by atoms with Gasteiger partial charge in [0.1, 0.15) is 18.4 Å². The average Bonchev–Trinajstić information content (AvgIpc) is 2.71. The number of nitro groups is 1. The monoisotopic (exact) mass is 265 g/mol. The number of hydrogen-bond acceptors (Lipinski definition) is 6. The SMILES string of the molecule is O=C1c2cc([N+](=O)[O-])cnc2OC[C@H]2C[C@@H](O)CN12. The van der Waals surface area contributed by atoms with Crippen molar-refractivity contribution in [2.24, 2.45) is 0 Å². The summed E-state index contributed by atoms with van der Waals surface area (Å²) in [5, 5.41) is 20.3. The van der Waals surface area contributed by atoms with Gasteiger partial charge in [0.2, 0.25) is 5.88 Å². The third kappa shape index (κ3) is 1.89. The molecule has 0 aliphatic carbocycles. The number of carbonyl (C=O) groups excluding carboxylic acids is 1. The second kappa shape index (κ2) is 4.16. The molecule has 3 heterocycles. The second-order valence-corrected chi connectivity index (χ2v) is 4.62. The molecule has 8 heteroatoms. The molecular weight excluding hydrogens is 254 g/mol. The summed E-state index contributed by atoms with van der Waals surface area (Å²) in [5.74, 6) is -0.273. The lowest BCUT2D eigenvalue weighted by atomic mass is 10.2. The molecular formula is C11H11N3O5. The first-order valence-corrected chi connectivity index (χ1v) is 5.82. The van der Waals surface area contributed by atoms with Gasteiger partial charge in [-0.3, -0.25) is 14.9 Å². The number of pyridine rings is 1. The van der Waals surface area contributed by atoms with E-state index in [-0.39, 0.29) is 42.2 Å². The van der Waals surface area contributed by atoms with Gasteiger partial charge in [0, 0.05) is 12.6 Å². The Morgan fingerprint density at radius 3 is 3.11 bits per heavy atom. The normalized spacial score (nSPS) is 25.3. The molecule has 1 aromatic rings. The van der Waals surface area contributed by atoms with Crippen LogP contribution in [0.15, 0.2) is 12.3 Å². The highest BCUT2D eigenvalue weighted by Gasteiger charge is 2.39. The molecule has 0 radical (unpaired) electrons. The summed E-state index contributed by atoms with van der Waals surface area (Å²) in [7, 11) is 0. The maximum absolute atomic E-state index is 12.3. The Bertz CT molecular complexity index is 561. The van der Waals surface area contributed by atoms with Crippen LogP contribution >= 0.6 is 0 Å². The minimum Gasteiger partial charge on any atom is -0.475 e. The zero-order valence-electron chi connectivity index (χ0n) is 9.85. The highest BCUT2D eigenvalue weighted by molar-refractivity contribution is 5.97. The van der Waals surface area contributed by atoms with Gasteiger partial charge in [-0.15, -0.1) is 0 Å². The van der Waals surface area contributed by atoms with Crippen molar-refractivity contribution in [1.29, 1.82) is 0 Å². The van der Waals surface area contributed by atoms with Crippen molar-refractivity contribution >= 4 is 11.6 Å². The van der Waals surface area contributed by atoms with Crippen LogP contribution in [0.1, 0.15) is 16.8 Å². The van der Waals surface area contributed by atoms with Crippen LogP contribution in [0.3, 0.4) is 0 Å². The summed E-state index contributed by atoms with van der Waals surface area (Å²) >= 11 is 0. The number of aliphatic hydroxyl groups excluding tert-OH is 1. The maximum Gasteiger partial charge on any atom is 0.288 e. The maximum atomic E-state index is 12.3. The highest BCUT2D eigenvalue weighted by Crippen LogP contribution is 2.30. The Morgan fingerprint density at radius 2 is 2.37 bits per heavy atom. The quantitative estimate of drug-likeness (QED) is 0.564. The minimum absolute atomic E-state index is 0.0748. The standard InChI is InChI=1S/C11H11N3O5/c15-8-1-7-5-19-10-9(11(16)13(7)4-8)2-6(3-12-10)14(17)18/h2-3,7-8,15H,1,4-5H2/t7-,8-/m1/s1. The van der Waals surface area contributed by atoms with Crippen molar-refractivity contribution in [2.75, 3.05) is 13.2 Å². The largest absolute Gasteiger partial charge is 0.475 e. The van der Waals surface area contributed by atoms with Gasteiger partial charge >= 0.3 is 0 Å². The number of fused-ring (bicyclic) bond motifs is 2. The van der Waals surface area contributed by atoms with Crippen LogP contribution in [-0.4, -0.2) is 51.1 Å². The van der Waals surface area contributed by atoms with E-state index >= 15 is 0 Å². The summed E-state index contributed by atoms with van der Waals surface area (Å²) in [6.45, 7) is 0.454. The molecule has 1 aromatic heterocycles. The molecule has 0 bridgehead atoms. The van der Waals surface area contributed by atoms with Gasteiger partial charge in [-0.1, -0.05) is 0 Å². The van der Waals surface area contributed by atoms with Gasteiger partial charge in [0.15, 0.2) is 0 Å². The number of ether oxygens (including phenoxy) is 1. The average molecular weight is 265 g/mol. The van der Waals surface area contributed by atoms with Gasteiger partial charge in [0.25, 0.3) is 11.6 Å². The van der Waals surface area contributed by atoms with E-state index in [1.807, 2.05) is 0 Å². The van der Waals surface area contributed by atoms with Crippen molar-refractivity contribution in [2.45, 2.75) is 18.6 Å². The second-order valence-electron chi connectivity index (χ2n) is 4.62. The summed E-state index contributed by atoms with van der Waals surface area (Å²) in [4.78, 5) is 27.7. The molecule has 1 saturated heterocycles. The Hall–Kier alpha value is -2.22. The lowest BCUT2D eigenvalue weighted by molar-refractivity contribution is -0.385. The molecule has 0 unspecified atom stereocenters. The number of rotatable bonds is 1. The molecule has 2 aliphatic rings. The van der Waals surface area contributed by atoms with Gasteiger partial charge in [0.05, 0.1) is 17.1 Å². The first-order valence-electron chi connectivity index (χ1n) is 5.82. The summed E-state index contributed by atoms with van der Waals surface area (Å²) in [5.41, 5.74) is -0.181. The third-order valence-corrected chi connectivity index (χ3v) is 3.34. The molecule has 1 fully saturated rings. The first kappa shape index (κ1) is 11.8. The van der Waals surface area contributed by atoms with E-state index in [1.54, 1.807) is 0 Å². The van der Waals surface area contributed by atoms with Crippen LogP contribution < -0.4 is 4.74 Å². The number of aliphatic hydroxyl groups is 1. The zero-order valence-corrected chi connectivity index (χ0v) is 9.85. The zero-order chi connectivity index (χ0) is 13.6. The molecule has 0 spiro atoms. The van der Waals surface area contributed by atoms with Gasteiger partial charge in [-0.2, -0.15) is 0 Å². The number of carbonyl (C=O) groups is 1. The van der Waals surface area contributed by atoms with Gasteiger partial charge in [-0.05, 0) is 6.42 Å². The Kier molecular flexibility index (Phi) is 2.59. The number of aromatic nitrogens is 1. The van der Waals surface area contributed by atoms with Crippen molar-refractivity contribution in [3.63, 3.8) is 0 Å². The number of amides is 1. The van der Waals surface area contributed by atoms with E-state index in [2.05, 4.69) is 4.98 Å². The fourth-order valence-corrected chi connectivity index (χ4v) is 2.44. The summed E-state index contributed by atoms with van der Waals surface area (Å²) in [6, 6.07) is 0.952. The van der Waals surface area contributed by atoms with Crippen molar-refractivity contribution in [3.8, 4) is 5.88 Å². The lowest BCUT2D eigenvalue weighted by Crippen LogP contribution is -2.36. The minimum atomic E-state index is -0.609. The number of hydrogen-bond donors (Lipinski definition) is 1. The molecule has 0 aromatic carbocycles. The van der Waals surface area contributed by atoms with Crippen molar-refractivity contribution in [3.05, 3.63) is 27.9 Å². The molecule has 2 aliphatic heterocycles. The molecule has 0 saturated carbocycles. The van der Waals surface area contributed by atoms with Crippen LogP contribution in [0, 0.1) is 10.1 Å². The van der Waals surface area contributed by atoms with E-state index in [1.165, 1.54) is 4.90 Å². The predicted molar refractivity (Wildman–Crippen MR) is 61.8 cm³/mol. The Labute approximate surface area is 107 Å². The third-order valence-electron chi connectivity index (χ3n) is 3.34. The smallest absolute Gasteiger partial charge is 0.288 e. The lowest BCUT2D eigenvalue weighted by Gasteiger charge is -2.19. The molecule has 1 N–H and O–H groups in total. The van der Waals surface area contributed by atoms with Crippen molar-refractivity contribution in [1.82, 2.24) is 9.88 Å². The molecule has 2 atom stereocenters. The Balaban J connectivity index is 2.02. The van der Waals surface area contributed by atoms with E-state index in [0.29, 0.717) is 6.42 Å². The van der Waals surface area contributed by atoms with Crippen LogP contribution in [-0.2, 0) is 0 Å². The van der Waals surface area contributed by atoms with E-state index < -0.39 is 11.0 Å². The van der Waals surface area contributed by atoms with E-state index in [4.69, 9.17) is 4.74 Å². The Morgan fingerprint density at radius 1 is 1.58 bits per heavy atom. The molecule has 100 valence electrons. The summed E-state index contributed by atoms with van der Waals surface area (Å²) < 4.78 is 5.41. The van der Waals surface area contributed by atoms with E-state index in [0.717, 1.165) is 12.3 Å². The molecule has 1 amide bonds. The van der Waals surface area contributed by atoms with Crippen LogP contribution in [0.4, 0.5) is 5.69 Å². The predicted octanol–water partition coefficient (Wildman–Crippen LogP) is -0.0424. The van der Waals surface area contributed by atoms with Crippen LogP contribution in [0.5, 0.6) is 5.88 Å². The van der Waals surface area contributed by atoms with Crippen LogP contribution in [0.2, 0.25) is 0 Å². The van der Waals surface area contributed by atoms with Gasteiger partial charge in [-0.25, -0.2) is 4.98 Å².